The minimum Gasteiger partial charge on any atom is -0.309 e. The van der Waals surface area contributed by atoms with Crippen molar-refractivity contribution in [2.75, 3.05) is 4.90 Å². The van der Waals surface area contributed by atoms with Gasteiger partial charge in [0.25, 0.3) is 0 Å². The summed E-state index contributed by atoms with van der Waals surface area (Å²) in [4.78, 5) is 2.41. The summed E-state index contributed by atoms with van der Waals surface area (Å²) >= 11 is 0. The van der Waals surface area contributed by atoms with Crippen molar-refractivity contribution in [1.29, 1.82) is 10.5 Å². The number of nitriles is 2. The minimum absolute atomic E-state index is 0.133. The molecule has 1 aliphatic rings. The number of hydrogen-bond donors (Lipinski definition) is 0. The molecule has 1 aromatic heterocycles. The zero-order valence-electron chi connectivity index (χ0n) is 25.0. The molecule has 7 aromatic rings. The Bertz CT molecular complexity index is 2280. The average Bonchev–Trinajstić information content (AvgIpc) is 3.41. The van der Waals surface area contributed by atoms with Crippen LogP contribution in [0.4, 0.5) is 17.1 Å². The van der Waals surface area contributed by atoms with Gasteiger partial charge < -0.3 is 9.47 Å². The number of aromatic nitrogens is 1. The van der Waals surface area contributed by atoms with Crippen LogP contribution in [0.3, 0.4) is 0 Å². The van der Waals surface area contributed by atoms with Crippen LogP contribution in [-0.2, 0) is 5.41 Å². The minimum atomic E-state index is -0.133. The molecule has 4 nitrogen and oxygen atoms in total. The van der Waals surface area contributed by atoms with Crippen molar-refractivity contribution in [1.82, 2.24) is 4.57 Å². The topological polar surface area (TPSA) is 55.8 Å². The average molecular weight is 577 g/mol. The second-order valence-corrected chi connectivity index (χ2v) is 12.1. The largest absolute Gasteiger partial charge is 0.309 e. The Morgan fingerprint density at radius 2 is 1.07 bits per heavy atom. The maximum atomic E-state index is 9.63. The maximum absolute atomic E-state index is 9.63. The van der Waals surface area contributed by atoms with Crippen LogP contribution in [0, 0.1) is 22.7 Å². The Morgan fingerprint density at radius 3 is 1.64 bits per heavy atom. The quantitative estimate of drug-likeness (QED) is 0.210. The van der Waals surface area contributed by atoms with Crippen LogP contribution in [0.2, 0.25) is 0 Å². The van der Waals surface area contributed by atoms with Gasteiger partial charge in [-0.15, -0.1) is 0 Å². The number of anilines is 3. The molecule has 0 fully saturated rings. The second-order valence-electron chi connectivity index (χ2n) is 12.1. The Balaban J connectivity index is 1.35. The summed E-state index contributed by atoms with van der Waals surface area (Å²) in [6.07, 6.45) is 0. The molecule has 212 valence electrons. The standard InChI is InChI=1S/C41H28N4/c1-41(2)34-13-4-7-16-39(34)45(40-17-8-5-14-35(40)41)36-15-6-3-12-31(36)29-10-9-11-30(24-29)44-37-20-18-27(25-42)22-32(37)33-23-28(26-43)19-21-38(33)44/h3-24H,1-2H3. The van der Waals surface area contributed by atoms with E-state index in [1.165, 1.54) is 22.5 Å². The van der Waals surface area contributed by atoms with Crippen molar-refractivity contribution in [3.63, 3.8) is 0 Å². The van der Waals surface area contributed by atoms with Gasteiger partial charge in [0.1, 0.15) is 0 Å². The summed E-state index contributed by atoms with van der Waals surface area (Å²) in [5.74, 6) is 0. The molecule has 8 rings (SSSR count). The lowest BCUT2D eigenvalue weighted by molar-refractivity contribution is 0.632. The number of nitrogens with zero attached hydrogens (tertiary/aromatic N) is 4. The molecular weight excluding hydrogens is 548 g/mol. The van der Waals surface area contributed by atoms with Crippen LogP contribution in [0.15, 0.2) is 133 Å². The first-order chi connectivity index (χ1) is 22.0. The van der Waals surface area contributed by atoms with Gasteiger partial charge in [-0.2, -0.15) is 10.5 Å². The molecule has 45 heavy (non-hydrogen) atoms. The van der Waals surface area contributed by atoms with Gasteiger partial charge in [-0.05, 0) is 83.4 Å². The molecule has 1 aliphatic heterocycles. The summed E-state index contributed by atoms with van der Waals surface area (Å²) < 4.78 is 2.23. The molecule has 2 heterocycles. The highest BCUT2D eigenvalue weighted by atomic mass is 15.2. The smallest absolute Gasteiger partial charge is 0.0991 e. The summed E-state index contributed by atoms with van der Waals surface area (Å²) in [5, 5.41) is 21.2. The third kappa shape index (κ3) is 3.97. The Morgan fingerprint density at radius 1 is 0.533 bits per heavy atom. The molecule has 0 aliphatic carbocycles. The van der Waals surface area contributed by atoms with Gasteiger partial charge in [0.05, 0.1) is 51.4 Å². The predicted molar refractivity (Wildman–Crippen MR) is 182 cm³/mol. The highest BCUT2D eigenvalue weighted by molar-refractivity contribution is 6.10. The third-order valence-electron chi connectivity index (χ3n) is 9.22. The lowest BCUT2D eigenvalue weighted by Crippen LogP contribution is -2.30. The molecule has 0 unspecified atom stereocenters. The van der Waals surface area contributed by atoms with Crippen LogP contribution in [0.5, 0.6) is 0 Å². The van der Waals surface area contributed by atoms with Gasteiger partial charge in [-0.3, -0.25) is 0 Å². The molecule has 0 bridgehead atoms. The first-order valence-electron chi connectivity index (χ1n) is 15.1. The Kier molecular flexibility index (Phi) is 5.88. The molecule has 6 aromatic carbocycles. The number of para-hydroxylation sites is 3. The summed E-state index contributed by atoms with van der Waals surface area (Å²) in [6, 6.07) is 50.8. The zero-order valence-corrected chi connectivity index (χ0v) is 25.0. The van der Waals surface area contributed by atoms with E-state index in [-0.39, 0.29) is 5.41 Å². The van der Waals surface area contributed by atoms with E-state index < -0.39 is 0 Å². The van der Waals surface area contributed by atoms with Gasteiger partial charge in [-0.25, -0.2) is 0 Å². The fourth-order valence-electron chi connectivity index (χ4n) is 7.09. The van der Waals surface area contributed by atoms with Crippen molar-refractivity contribution >= 4 is 38.9 Å². The van der Waals surface area contributed by atoms with Crippen molar-refractivity contribution in [3.8, 4) is 29.0 Å². The zero-order chi connectivity index (χ0) is 30.7. The van der Waals surface area contributed by atoms with Crippen LogP contribution in [0.25, 0.3) is 38.6 Å². The number of rotatable bonds is 3. The van der Waals surface area contributed by atoms with Crippen molar-refractivity contribution in [2.45, 2.75) is 19.3 Å². The monoisotopic (exact) mass is 576 g/mol. The first kappa shape index (κ1) is 26.5. The van der Waals surface area contributed by atoms with E-state index in [2.05, 4.69) is 133 Å². The molecule has 0 N–H and O–H groups in total. The Hall–Kier alpha value is -6.10. The molecule has 0 atom stereocenters. The SMILES string of the molecule is CC1(C)c2ccccc2N(c2ccccc2-c2cccc(-n3c4ccc(C#N)cc4c4cc(C#N)ccc43)c2)c2ccccc21. The summed E-state index contributed by atoms with van der Waals surface area (Å²) in [7, 11) is 0. The number of benzene rings is 6. The van der Waals surface area contributed by atoms with Crippen LogP contribution in [0.1, 0.15) is 36.1 Å². The van der Waals surface area contributed by atoms with Gasteiger partial charge in [0.15, 0.2) is 0 Å². The summed E-state index contributed by atoms with van der Waals surface area (Å²) in [5.41, 5.74) is 12.4. The predicted octanol–water partition coefficient (Wildman–Crippen LogP) is 10.3. The fraction of sp³-hybridized carbons (Fsp3) is 0.0732. The van der Waals surface area contributed by atoms with Crippen molar-refractivity contribution < 1.29 is 0 Å². The van der Waals surface area contributed by atoms with E-state index in [4.69, 9.17) is 0 Å². The van der Waals surface area contributed by atoms with Crippen LogP contribution >= 0.6 is 0 Å². The normalized spacial score (nSPS) is 13.2. The maximum Gasteiger partial charge on any atom is 0.0991 e. The van der Waals surface area contributed by atoms with Gasteiger partial charge in [0, 0.05) is 27.4 Å². The number of hydrogen-bond acceptors (Lipinski definition) is 3. The van der Waals surface area contributed by atoms with Crippen LogP contribution in [-0.4, -0.2) is 4.57 Å². The number of fused-ring (bicyclic) bond motifs is 5. The first-order valence-corrected chi connectivity index (χ1v) is 15.1. The molecule has 0 saturated heterocycles. The van der Waals surface area contributed by atoms with E-state index in [1.807, 2.05) is 36.4 Å². The second kappa shape index (κ2) is 9.98. The molecule has 0 saturated carbocycles. The lowest BCUT2D eigenvalue weighted by Gasteiger charge is -2.42. The van der Waals surface area contributed by atoms with Crippen molar-refractivity contribution in [3.05, 3.63) is 156 Å². The van der Waals surface area contributed by atoms with Crippen molar-refractivity contribution in [2.24, 2.45) is 0 Å². The highest BCUT2D eigenvalue weighted by Crippen LogP contribution is 2.53. The highest BCUT2D eigenvalue weighted by Gasteiger charge is 2.37. The molecule has 0 amide bonds. The Labute approximate surface area is 262 Å². The van der Waals surface area contributed by atoms with Gasteiger partial charge >= 0.3 is 0 Å². The van der Waals surface area contributed by atoms with Gasteiger partial charge in [0.2, 0.25) is 0 Å². The third-order valence-corrected chi connectivity index (χ3v) is 9.22. The van der Waals surface area contributed by atoms with Crippen LogP contribution < -0.4 is 4.90 Å². The van der Waals surface area contributed by atoms with E-state index in [9.17, 15) is 10.5 Å². The molecular formula is C41H28N4. The van der Waals surface area contributed by atoms with Gasteiger partial charge in [-0.1, -0.05) is 80.6 Å². The summed E-state index contributed by atoms with van der Waals surface area (Å²) in [6.45, 7) is 4.62. The molecule has 0 radical (unpaired) electrons. The van der Waals surface area contributed by atoms with E-state index in [1.54, 1.807) is 0 Å². The lowest BCUT2D eigenvalue weighted by atomic mass is 9.73. The van der Waals surface area contributed by atoms with E-state index in [0.717, 1.165) is 44.3 Å². The fourth-order valence-corrected chi connectivity index (χ4v) is 7.09. The van der Waals surface area contributed by atoms with E-state index >= 15 is 0 Å². The molecule has 0 spiro atoms. The van der Waals surface area contributed by atoms with E-state index in [0.29, 0.717) is 11.1 Å². The molecule has 4 heteroatoms.